The number of hydrogen-bond acceptors (Lipinski definition) is 2. The normalized spacial score (nSPS) is 18.5. The first kappa shape index (κ1) is 10.6. The Kier molecular flexibility index (Phi) is 3.00. The van der Waals surface area contributed by atoms with Crippen molar-refractivity contribution in [3.8, 4) is 0 Å². The van der Waals surface area contributed by atoms with Gasteiger partial charge in [0.15, 0.2) is 5.78 Å². The van der Waals surface area contributed by atoms with Gasteiger partial charge in [0.2, 0.25) is 0 Å². The zero-order chi connectivity index (χ0) is 10.8. The molecule has 1 atom stereocenters. The third-order valence-electron chi connectivity index (χ3n) is 2.51. The van der Waals surface area contributed by atoms with Gasteiger partial charge in [-0.25, -0.2) is 0 Å². The van der Waals surface area contributed by atoms with Crippen molar-refractivity contribution in [2.24, 2.45) is 4.99 Å². The summed E-state index contributed by atoms with van der Waals surface area (Å²) in [5, 5.41) is 0. The average molecular weight is 266 g/mol. The Morgan fingerprint density at radius 3 is 2.53 bits per heavy atom. The van der Waals surface area contributed by atoms with Crippen LogP contribution in [0.25, 0.3) is 0 Å². The molecule has 1 aliphatic heterocycles. The first-order chi connectivity index (χ1) is 7.16. The Balaban J connectivity index is 1.82. The van der Waals surface area contributed by atoms with Crippen LogP contribution in [0.3, 0.4) is 0 Å². The molecule has 0 spiro atoms. The second-order valence-electron chi connectivity index (χ2n) is 3.76. The van der Waals surface area contributed by atoms with E-state index in [1.54, 1.807) is 6.92 Å². The van der Waals surface area contributed by atoms with E-state index in [-0.39, 0.29) is 11.8 Å². The van der Waals surface area contributed by atoms with Crippen molar-refractivity contribution in [2.75, 3.05) is 0 Å². The second kappa shape index (κ2) is 4.27. The van der Waals surface area contributed by atoms with E-state index in [1.807, 2.05) is 12.1 Å². The van der Waals surface area contributed by atoms with Crippen LogP contribution in [0.1, 0.15) is 18.9 Å². The maximum atomic E-state index is 11.0. The number of hydrogen-bond donors (Lipinski definition) is 0. The number of ketones is 1. The number of aryl methyl sites for hydroxylation is 1. The maximum Gasteiger partial charge on any atom is 0.159 e. The smallest absolute Gasteiger partial charge is 0.159 e. The van der Waals surface area contributed by atoms with Gasteiger partial charge in [-0.1, -0.05) is 28.1 Å². The van der Waals surface area contributed by atoms with Crippen LogP contribution in [-0.4, -0.2) is 17.5 Å². The fourth-order valence-electron chi connectivity index (χ4n) is 1.58. The summed E-state index contributed by atoms with van der Waals surface area (Å²) in [6.45, 7) is 1.60. The number of halogens is 1. The fraction of sp³-hybridized carbons (Fsp3) is 0.333. The van der Waals surface area contributed by atoms with Gasteiger partial charge in [0.05, 0.1) is 0 Å². The van der Waals surface area contributed by atoms with E-state index in [1.165, 1.54) is 5.56 Å². The van der Waals surface area contributed by atoms with Crippen molar-refractivity contribution in [3.05, 3.63) is 34.3 Å². The molecule has 0 aromatic heterocycles. The van der Waals surface area contributed by atoms with Crippen molar-refractivity contribution in [1.82, 2.24) is 0 Å². The van der Waals surface area contributed by atoms with Gasteiger partial charge in [0, 0.05) is 10.2 Å². The molecule has 2 rings (SSSR count). The van der Waals surface area contributed by atoms with Gasteiger partial charge < -0.3 is 0 Å². The molecule has 1 aromatic rings. The lowest BCUT2D eigenvalue weighted by molar-refractivity contribution is -0.116. The third kappa shape index (κ3) is 2.75. The number of rotatable bonds is 4. The molecular weight excluding hydrogens is 254 g/mol. The quantitative estimate of drug-likeness (QED) is 0.824. The van der Waals surface area contributed by atoms with Crippen molar-refractivity contribution < 1.29 is 4.79 Å². The lowest BCUT2D eigenvalue weighted by Crippen LogP contribution is -2.08. The summed E-state index contributed by atoms with van der Waals surface area (Å²) in [5.74, 6) is 0.167. The summed E-state index contributed by atoms with van der Waals surface area (Å²) in [6, 6.07) is 8.17. The van der Waals surface area contributed by atoms with Crippen molar-refractivity contribution in [1.29, 1.82) is 0 Å². The first-order valence-electron chi connectivity index (χ1n) is 4.98. The zero-order valence-corrected chi connectivity index (χ0v) is 10.1. The minimum atomic E-state index is -0.0829. The zero-order valence-electron chi connectivity index (χ0n) is 8.53. The summed E-state index contributed by atoms with van der Waals surface area (Å²) in [4.78, 5) is 15.1. The van der Waals surface area contributed by atoms with Crippen LogP contribution in [0.5, 0.6) is 0 Å². The molecule has 0 amide bonds. The van der Waals surface area contributed by atoms with Gasteiger partial charge in [-0.3, -0.25) is 9.79 Å². The SMILES string of the molecule is CC(=O)C1N=C1CCc1ccc(Br)cc1. The minimum absolute atomic E-state index is 0.0829. The molecule has 0 bridgehead atoms. The molecule has 1 heterocycles. The van der Waals surface area contributed by atoms with Crippen LogP contribution in [0.2, 0.25) is 0 Å². The van der Waals surface area contributed by atoms with Crippen LogP contribution < -0.4 is 0 Å². The molecule has 1 aromatic carbocycles. The second-order valence-corrected chi connectivity index (χ2v) is 4.68. The number of Topliss-reactive ketones (excluding diaryl/α,β-unsaturated/α-hetero) is 1. The van der Waals surface area contributed by atoms with Crippen LogP contribution >= 0.6 is 15.9 Å². The molecule has 0 saturated carbocycles. The largest absolute Gasteiger partial charge is 0.297 e. The van der Waals surface area contributed by atoms with Crippen LogP contribution in [-0.2, 0) is 11.2 Å². The average Bonchev–Trinajstić information content (AvgIpc) is 2.96. The van der Waals surface area contributed by atoms with Crippen LogP contribution in [0.4, 0.5) is 0 Å². The molecule has 15 heavy (non-hydrogen) atoms. The predicted octanol–water partition coefficient (Wildman–Crippen LogP) is 2.79. The van der Waals surface area contributed by atoms with Crippen molar-refractivity contribution in [2.45, 2.75) is 25.8 Å². The maximum absolute atomic E-state index is 11.0. The highest BCUT2D eigenvalue weighted by Crippen LogP contribution is 2.19. The fourth-order valence-corrected chi connectivity index (χ4v) is 1.84. The van der Waals surface area contributed by atoms with Gasteiger partial charge in [0.25, 0.3) is 0 Å². The highest BCUT2D eigenvalue weighted by Gasteiger charge is 2.30. The molecule has 78 valence electrons. The van der Waals surface area contributed by atoms with E-state index in [4.69, 9.17) is 0 Å². The Bertz CT molecular complexity index is 408. The molecule has 2 nitrogen and oxygen atoms in total. The predicted molar refractivity (Wildman–Crippen MR) is 64.4 cm³/mol. The topological polar surface area (TPSA) is 29.4 Å². The molecular formula is C12H12BrNO. The van der Waals surface area contributed by atoms with E-state index in [2.05, 4.69) is 33.1 Å². The summed E-state index contributed by atoms with van der Waals surface area (Å²) in [6.07, 6.45) is 1.88. The van der Waals surface area contributed by atoms with Gasteiger partial charge in [-0.15, -0.1) is 0 Å². The van der Waals surface area contributed by atoms with Gasteiger partial charge in [0.1, 0.15) is 6.04 Å². The van der Waals surface area contributed by atoms with Crippen molar-refractivity contribution >= 4 is 27.4 Å². The lowest BCUT2D eigenvalue weighted by atomic mass is 10.1. The van der Waals surface area contributed by atoms with Crippen molar-refractivity contribution in [3.63, 3.8) is 0 Å². The van der Waals surface area contributed by atoms with Crippen LogP contribution in [0, 0.1) is 0 Å². The number of benzene rings is 1. The van der Waals surface area contributed by atoms with E-state index in [9.17, 15) is 4.79 Å². The van der Waals surface area contributed by atoms with Gasteiger partial charge in [-0.2, -0.15) is 0 Å². The molecule has 0 aliphatic carbocycles. The highest BCUT2D eigenvalue weighted by atomic mass is 79.9. The summed E-state index contributed by atoms with van der Waals surface area (Å²) < 4.78 is 1.09. The van der Waals surface area contributed by atoms with E-state index in [0.717, 1.165) is 23.0 Å². The summed E-state index contributed by atoms with van der Waals surface area (Å²) >= 11 is 3.40. The number of carbonyl (C=O) groups excluding carboxylic acids is 1. The Hall–Kier alpha value is -0.960. The highest BCUT2D eigenvalue weighted by molar-refractivity contribution is 9.10. The lowest BCUT2D eigenvalue weighted by Gasteiger charge is -1.98. The minimum Gasteiger partial charge on any atom is -0.297 e. The van der Waals surface area contributed by atoms with E-state index >= 15 is 0 Å². The van der Waals surface area contributed by atoms with Crippen LogP contribution in [0.15, 0.2) is 33.7 Å². The summed E-state index contributed by atoms with van der Waals surface area (Å²) in [5.41, 5.74) is 2.35. The molecule has 0 saturated heterocycles. The summed E-state index contributed by atoms with van der Waals surface area (Å²) in [7, 11) is 0. The number of carbonyl (C=O) groups is 1. The third-order valence-corrected chi connectivity index (χ3v) is 3.04. The first-order valence-corrected chi connectivity index (χ1v) is 5.77. The molecule has 3 heteroatoms. The molecule has 1 unspecified atom stereocenters. The van der Waals surface area contributed by atoms with Gasteiger partial charge in [-0.05, 0) is 37.5 Å². The number of aliphatic imine (C=N–C) groups is 1. The van der Waals surface area contributed by atoms with Gasteiger partial charge >= 0.3 is 0 Å². The Morgan fingerprint density at radius 2 is 2.00 bits per heavy atom. The Labute approximate surface area is 97.5 Å². The molecule has 0 radical (unpaired) electrons. The number of nitrogens with zero attached hydrogens (tertiary/aromatic N) is 1. The monoisotopic (exact) mass is 265 g/mol. The molecule has 0 N–H and O–H groups in total. The van der Waals surface area contributed by atoms with E-state index in [0.29, 0.717) is 0 Å². The van der Waals surface area contributed by atoms with E-state index < -0.39 is 0 Å². The Morgan fingerprint density at radius 1 is 1.33 bits per heavy atom. The molecule has 1 aliphatic rings. The standard InChI is InChI=1S/C12H12BrNO/c1-8(15)12-11(14-12)7-4-9-2-5-10(13)6-3-9/h2-3,5-6,12H,4,7H2,1H3. The molecule has 0 fully saturated rings.